The van der Waals surface area contributed by atoms with Crippen LogP contribution < -0.4 is 19.1 Å². The molecule has 1 atom stereocenters. The van der Waals surface area contributed by atoms with E-state index in [0.29, 0.717) is 17.9 Å². The Kier molecular flexibility index (Phi) is 8.76. The summed E-state index contributed by atoms with van der Waals surface area (Å²) in [5.41, 5.74) is 2.28. The third-order valence-corrected chi connectivity index (χ3v) is 7.28. The molecule has 0 spiro atoms. The van der Waals surface area contributed by atoms with Crippen LogP contribution in [0.1, 0.15) is 25.0 Å². The molecule has 186 valence electrons. The Labute approximate surface area is 207 Å². The van der Waals surface area contributed by atoms with Gasteiger partial charge in [0.2, 0.25) is 5.91 Å². The first-order valence-corrected chi connectivity index (χ1v) is 12.9. The van der Waals surface area contributed by atoms with Crippen LogP contribution in [-0.4, -0.2) is 40.6 Å². The number of hydrogen-bond acceptors (Lipinski definition) is 5. The summed E-state index contributed by atoms with van der Waals surface area (Å²) < 4.78 is 39.3. The van der Waals surface area contributed by atoms with Crippen LogP contribution in [0.5, 0.6) is 11.5 Å². The highest BCUT2D eigenvalue weighted by atomic mass is 32.2. The van der Waals surface area contributed by atoms with Gasteiger partial charge in [-0.05, 0) is 68.3 Å². The van der Waals surface area contributed by atoms with E-state index in [-0.39, 0.29) is 24.1 Å². The van der Waals surface area contributed by atoms with Crippen molar-refractivity contribution in [1.29, 1.82) is 0 Å². The average Bonchev–Trinajstić information content (AvgIpc) is 2.86. The number of anilines is 1. The fraction of sp³-hybridized carbons (Fsp3) is 0.296. The van der Waals surface area contributed by atoms with Gasteiger partial charge in [0.15, 0.2) is 0 Å². The maximum atomic E-state index is 13.6. The van der Waals surface area contributed by atoms with E-state index in [0.717, 1.165) is 16.9 Å². The maximum Gasteiger partial charge on any atom is 0.264 e. The monoisotopic (exact) mass is 496 g/mol. The van der Waals surface area contributed by atoms with Crippen molar-refractivity contribution in [1.82, 2.24) is 5.32 Å². The molecular formula is C27H32N2O5S. The Morgan fingerprint density at radius 3 is 2.23 bits per heavy atom. The summed E-state index contributed by atoms with van der Waals surface area (Å²) in [7, 11) is -2.37. The first-order valence-electron chi connectivity index (χ1n) is 11.5. The van der Waals surface area contributed by atoms with Crippen LogP contribution in [0, 0.1) is 6.92 Å². The lowest BCUT2D eigenvalue weighted by Gasteiger charge is -2.27. The molecule has 7 nitrogen and oxygen atoms in total. The van der Waals surface area contributed by atoms with Crippen LogP contribution in [0.3, 0.4) is 0 Å². The summed E-state index contributed by atoms with van der Waals surface area (Å²) in [5, 5.41) is 2.85. The predicted octanol–water partition coefficient (Wildman–Crippen LogP) is 4.35. The molecule has 0 fully saturated rings. The molecule has 0 aliphatic heterocycles. The van der Waals surface area contributed by atoms with E-state index in [2.05, 4.69) is 5.32 Å². The minimum atomic E-state index is -3.97. The highest BCUT2D eigenvalue weighted by molar-refractivity contribution is 7.92. The molecule has 1 N–H and O–H groups in total. The SMILES string of the molecule is CCc1ccccc1N(CC(=O)NC(C)COc1ccc(OC)cc1)S(=O)(=O)c1ccc(C)cc1. The van der Waals surface area contributed by atoms with Gasteiger partial charge in [-0.25, -0.2) is 8.42 Å². The summed E-state index contributed by atoms with van der Waals surface area (Å²) >= 11 is 0. The van der Waals surface area contributed by atoms with Crippen LogP contribution in [0.2, 0.25) is 0 Å². The Balaban J connectivity index is 1.76. The molecule has 3 rings (SSSR count). The van der Waals surface area contributed by atoms with Gasteiger partial charge in [0.25, 0.3) is 10.0 Å². The molecule has 0 heterocycles. The Hall–Kier alpha value is -3.52. The highest BCUT2D eigenvalue weighted by Gasteiger charge is 2.29. The van der Waals surface area contributed by atoms with Gasteiger partial charge in [-0.3, -0.25) is 9.10 Å². The fourth-order valence-electron chi connectivity index (χ4n) is 3.58. The second-order valence-corrected chi connectivity index (χ2v) is 10.1. The quantitative estimate of drug-likeness (QED) is 0.427. The molecule has 3 aromatic rings. The van der Waals surface area contributed by atoms with Crippen molar-refractivity contribution in [3.05, 3.63) is 83.9 Å². The number of benzene rings is 3. The predicted molar refractivity (Wildman–Crippen MR) is 138 cm³/mol. The molecule has 8 heteroatoms. The Morgan fingerprint density at radius 2 is 1.60 bits per heavy atom. The fourth-order valence-corrected chi connectivity index (χ4v) is 5.03. The first kappa shape index (κ1) is 26.1. The number of para-hydroxylation sites is 1. The summed E-state index contributed by atoms with van der Waals surface area (Å²) in [6.45, 7) is 5.53. The molecule has 0 saturated carbocycles. The molecule has 0 aliphatic carbocycles. The summed E-state index contributed by atoms with van der Waals surface area (Å²) in [5.74, 6) is 0.950. The van der Waals surface area contributed by atoms with Gasteiger partial charge in [-0.15, -0.1) is 0 Å². The molecule has 1 unspecified atom stereocenters. The average molecular weight is 497 g/mol. The summed E-state index contributed by atoms with van der Waals surface area (Å²) in [4.78, 5) is 13.1. The molecule has 0 radical (unpaired) electrons. The van der Waals surface area contributed by atoms with Crippen molar-refractivity contribution < 1.29 is 22.7 Å². The lowest BCUT2D eigenvalue weighted by molar-refractivity contribution is -0.120. The van der Waals surface area contributed by atoms with Gasteiger partial charge in [0.05, 0.1) is 23.7 Å². The van der Waals surface area contributed by atoms with E-state index < -0.39 is 15.9 Å². The van der Waals surface area contributed by atoms with E-state index in [1.807, 2.05) is 26.0 Å². The first-order chi connectivity index (χ1) is 16.7. The second-order valence-electron chi connectivity index (χ2n) is 8.26. The van der Waals surface area contributed by atoms with Crippen LogP contribution in [-0.2, 0) is 21.2 Å². The molecule has 3 aromatic carbocycles. The minimum absolute atomic E-state index is 0.137. The number of nitrogens with one attached hydrogen (secondary N) is 1. The number of sulfonamides is 1. The van der Waals surface area contributed by atoms with Gasteiger partial charge < -0.3 is 14.8 Å². The number of hydrogen-bond donors (Lipinski definition) is 1. The molecular weight excluding hydrogens is 464 g/mol. The normalized spacial score (nSPS) is 12.0. The van der Waals surface area contributed by atoms with Gasteiger partial charge >= 0.3 is 0 Å². The van der Waals surface area contributed by atoms with Crippen molar-refractivity contribution in [2.24, 2.45) is 0 Å². The molecule has 0 saturated heterocycles. The van der Waals surface area contributed by atoms with Gasteiger partial charge in [-0.1, -0.05) is 42.8 Å². The molecule has 0 aliphatic rings. The zero-order valence-electron chi connectivity index (χ0n) is 20.5. The Morgan fingerprint density at radius 1 is 0.971 bits per heavy atom. The summed E-state index contributed by atoms with van der Waals surface area (Å²) in [6.07, 6.45) is 0.629. The zero-order valence-corrected chi connectivity index (χ0v) is 21.3. The van der Waals surface area contributed by atoms with Crippen molar-refractivity contribution >= 4 is 21.6 Å². The van der Waals surface area contributed by atoms with E-state index >= 15 is 0 Å². The number of carbonyl (C=O) groups is 1. The number of methoxy groups -OCH3 is 1. The minimum Gasteiger partial charge on any atom is -0.497 e. The van der Waals surface area contributed by atoms with E-state index in [9.17, 15) is 13.2 Å². The van der Waals surface area contributed by atoms with Crippen molar-refractivity contribution in [3.8, 4) is 11.5 Å². The molecule has 1 amide bonds. The lowest BCUT2D eigenvalue weighted by atomic mass is 10.1. The third-order valence-electron chi connectivity index (χ3n) is 5.50. The molecule has 0 aromatic heterocycles. The van der Waals surface area contributed by atoms with Crippen LogP contribution in [0.15, 0.2) is 77.7 Å². The van der Waals surface area contributed by atoms with Gasteiger partial charge in [-0.2, -0.15) is 0 Å². The van der Waals surface area contributed by atoms with E-state index in [4.69, 9.17) is 9.47 Å². The van der Waals surface area contributed by atoms with E-state index in [1.165, 1.54) is 4.31 Å². The standard InChI is InChI=1S/C27H32N2O5S/c1-5-22-8-6-7-9-26(22)29(35(31,32)25-16-10-20(2)11-17-25)18-27(30)28-21(3)19-34-24-14-12-23(33-4)13-15-24/h6-17,21H,5,18-19H2,1-4H3,(H,28,30). The number of carbonyl (C=O) groups excluding carboxylic acids is 1. The zero-order chi connectivity index (χ0) is 25.4. The van der Waals surface area contributed by atoms with Crippen molar-refractivity contribution in [2.45, 2.75) is 38.1 Å². The summed E-state index contributed by atoms with van der Waals surface area (Å²) in [6, 6.07) is 20.7. The number of nitrogens with zero attached hydrogens (tertiary/aromatic N) is 1. The van der Waals surface area contributed by atoms with Gasteiger partial charge in [0, 0.05) is 0 Å². The van der Waals surface area contributed by atoms with Crippen molar-refractivity contribution in [3.63, 3.8) is 0 Å². The maximum absolute atomic E-state index is 13.6. The largest absolute Gasteiger partial charge is 0.497 e. The lowest BCUT2D eigenvalue weighted by Crippen LogP contribution is -2.45. The topological polar surface area (TPSA) is 84.9 Å². The van der Waals surface area contributed by atoms with E-state index in [1.54, 1.807) is 74.7 Å². The van der Waals surface area contributed by atoms with Crippen molar-refractivity contribution in [2.75, 3.05) is 24.6 Å². The molecule has 35 heavy (non-hydrogen) atoms. The van der Waals surface area contributed by atoms with Crippen LogP contribution in [0.4, 0.5) is 5.69 Å². The smallest absolute Gasteiger partial charge is 0.264 e. The third kappa shape index (κ3) is 6.76. The number of aryl methyl sites for hydroxylation is 2. The number of amides is 1. The van der Waals surface area contributed by atoms with Crippen LogP contribution in [0.25, 0.3) is 0 Å². The Bertz CT molecular complexity index is 1230. The number of ether oxygens (including phenoxy) is 2. The van der Waals surface area contributed by atoms with Gasteiger partial charge in [0.1, 0.15) is 24.7 Å². The highest BCUT2D eigenvalue weighted by Crippen LogP contribution is 2.27. The van der Waals surface area contributed by atoms with Crippen LogP contribution >= 0.6 is 0 Å². The number of rotatable bonds is 11. The second kappa shape index (κ2) is 11.8. The molecule has 0 bridgehead atoms.